The van der Waals surface area contributed by atoms with E-state index in [9.17, 15) is 22.8 Å². The van der Waals surface area contributed by atoms with Crippen molar-refractivity contribution >= 4 is 17.7 Å². The van der Waals surface area contributed by atoms with Crippen molar-refractivity contribution in [2.45, 2.75) is 19.5 Å². The minimum Gasteiger partial charge on any atom is -0.450 e. The topological polar surface area (TPSA) is 61.9 Å². The fraction of sp³-hybridized carbons (Fsp3) is 0.529. The summed E-state index contributed by atoms with van der Waals surface area (Å²) in [5, 5.41) is 2.68. The lowest BCUT2D eigenvalue weighted by Crippen LogP contribution is -2.50. The molecule has 144 valence electrons. The molecule has 1 saturated heterocycles. The van der Waals surface area contributed by atoms with Gasteiger partial charge < -0.3 is 19.9 Å². The predicted molar refractivity (Wildman–Crippen MR) is 89.7 cm³/mol. The average molecular weight is 373 g/mol. The zero-order valence-corrected chi connectivity index (χ0v) is 14.5. The minimum atomic E-state index is -4.45. The lowest BCUT2D eigenvalue weighted by atomic mass is 10.1. The van der Waals surface area contributed by atoms with Crippen molar-refractivity contribution in [3.8, 4) is 0 Å². The summed E-state index contributed by atoms with van der Waals surface area (Å²) in [7, 11) is 0. The SMILES string of the molecule is CCOC(=O)N1CCN(C(=O)CCNc2ccccc2C(F)(F)F)CC1. The smallest absolute Gasteiger partial charge is 0.418 e. The van der Waals surface area contributed by atoms with Gasteiger partial charge in [-0.25, -0.2) is 4.79 Å². The van der Waals surface area contributed by atoms with E-state index < -0.39 is 17.8 Å². The summed E-state index contributed by atoms with van der Waals surface area (Å²) in [6.45, 7) is 3.66. The molecule has 1 aromatic carbocycles. The first-order valence-electron chi connectivity index (χ1n) is 8.42. The second-order valence-electron chi connectivity index (χ2n) is 5.79. The monoisotopic (exact) mass is 373 g/mol. The zero-order valence-electron chi connectivity index (χ0n) is 14.5. The van der Waals surface area contributed by atoms with Gasteiger partial charge in [0.1, 0.15) is 0 Å². The Labute approximate surface area is 149 Å². The summed E-state index contributed by atoms with van der Waals surface area (Å²) in [5.74, 6) is -0.162. The molecule has 0 unspecified atom stereocenters. The summed E-state index contributed by atoms with van der Waals surface area (Å²) < 4.78 is 43.7. The summed E-state index contributed by atoms with van der Waals surface area (Å²) in [6.07, 6.45) is -4.77. The van der Waals surface area contributed by atoms with Crippen LogP contribution >= 0.6 is 0 Å². The lowest BCUT2D eigenvalue weighted by Gasteiger charge is -2.34. The Morgan fingerprint density at radius 3 is 2.35 bits per heavy atom. The number of alkyl halides is 3. The Morgan fingerprint density at radius 1 is 1.12 bits per heavy atom. The summed E-state index contributed by atoms with van der Waals surface area (Å²) in [6, 6.07) is 5.17. The zero-order chi connectivity index (χ0) is 19.2. The van der Waals surface area contributed by atoms with E-state index in [4.69, 9.17) is 4.74 Å². The van der Waals surface area contributed by atoms with Crippen molar-refractivity contribution in [3.05, 3.63) is 29.8 Å². The number of anilines is 1. The molecule has 1 aliphatic rings. The van der Waals surface area contributed by atoms with Gasteiger partial charge in [0.25, 0.3) is 0 Å². The van der Waals surface area contributed by atoms with Gasteiger partial charge in [-0.05, 0) is 19.1 Å². The molecule has 9 heteroatoms. The van der Waals surface area contributed by atoms with Crippen molar-refractivity contribution in [2.24, 2.45) is 0 Å². The Bertz CT molecular complexity index is 629. The molecule has 2 rings (SSSR count). The molecule has 1 N–H and O–H groups in total. The van der Waals surface area contributed by atoms with Crippen LogP contribution in [0.15, 0.2) is 24.3 Å². The van der Waals surface area contributed by atoms with Gasteiger partial charge >= 0.3 is 12.3 Å². The number of hydrogen-bond donors (Lipinski definition) is 1. The van der Waals surface area contributed by atoms with E-state index in [0.717, 1.165) is 6.07 Å². The van der Waals surface area contributed by atoms with E-state index in [1.807, 2.05) is 0 Å². The van der Waals surface area contributed by atoms with E-state index in [0.29, 0.717) is 32.8 Å². The Kier molecular flexibility index (Phi) is 6.70. The number of nitrogens with one attached hydrogen (secondary N) is 1. The van der Waals surface area contributed by atoms with Gasteiger partial charge in [0, 0.05) is 44.8 Å². The quantitative estimate of drug-likeness (QED) is 0.862. The van der Waals surface area contributed by atoms with Gasteiger partial charge in [0.05, 0.1) is 12.2 Å². The molecule has 0 bridgehead atoms. The van der Waals surface area contributed by atoms with E-state index in [-0.39, 0.29) is 24.6 Å². The van der Waals surface area contributed by atoms with Gasteiger partial charge in [0.2, 0.25) is 5.91 Å². The molecule has 0 spiro atoms. The van der Waals surface area contributed by atoms with Crippen molar-refractivity contribution in [2.75, 3.05) is 44.6 Å². The van der Waals surface area contributed by atoms with Crippen LogP contribution in [0.1, 0.15) is 18.9 Å². The standard InChI is InChI=1S/C17H22F3N3O3/c1-2-26-16(25)23-11-9-22(10-12-23)15(24)7-8-21-14-6-4-3-5-13(14)17(18,19)20/h3-6,21H,2,7-12H2,1H3. The van der Waals surface area contributed by atoms with Gasteiger partial charge in [-0.15, -0.1) is 0 Å². The van der Waals surface area contributed by atoms with Crippen LogP contribution in [-0.4, -0.2) is 61.1 Å². The molecule has 0 saturated carbocycles. The molecule has 1 fully saturated rings. The van der Waals surface area contributed by atoms with Crippen molar-refractivity contribution < 1.29 is 27.5 Å². The first-order chi connectivity index (χ1) is 12.3. The predicted octanol–water partition coefficient (Wildman–Crippen LogP) is 2.81. The number of carbonyl (C=O) groups is 2. The third kappa shape index (κ3) is 5.27. The highest BCUT2D eigenvalue weighted by atomic mass is 19.4. The van der Waals surface area contributed by atoms with Gasteiger partial charge in [0.15, 0.2) is 0 Å². The lowest BCUT2D eigenvalue weighted by molar-refractivity contribution is -0.137. The fourth-order valence-electron chi connectivity index (χ4n) is 2.70. The van der Waals surface area contributed by atoms with E-state index in [1.165, 1.54) is 23.1 Å². The molecule has 0 atom stereocenters. The number of benzene rings is 1. The fourth-order valence-corrected chi connectivity index (χ4v) is 2.70. The number of para-hydroxylation sites is 1. The second kappa shape index (κ2) is 8.77. The van der Waals surface area contributed by atoms with Crippen LogP contribution in [0.4, 0.5) is 23.7 Å². The van der Waals surface area contributed by atoms with Crippen LogP contribution in [0.2, 0.25) is 0 Å². The molecule has 26 heavy (non-hydrogen) atoms. The Hall–Kier alpha value is -2.45. The van der Waals surface area contributed by atoms with Crippen molar-refractivity contribution in [3.63, 3.8) is 0 Å². The molecule has 1 aliphatic heterocycles. The van der Waals surface area contributed by atoms with Crippen LogP contribution < -0.4 is 5.32 Å². The number of halogens is 3. The molecule has 0 radical (unpaired) electrons. The second-order valence-corrected chi connectivity index (χ2v) is 5.79. The largest absolute Gasteiger partial charge is 0.450 e. The highest BCUT2D eigenvalue weighted by Crippen LogP contribution is 2.34. The highest BCUT2D eigenvalue weighted by molar-refractivity contribution is 5.77. The number of ether oxygens (including phenoxy) is 1. The maximum atomic E-state index is 12.9. The van der Waals surface area contributed by atoms with Gasteiger partial charge in [-0.2, -0.15) is 13.2 Å². The Balaban J connectivity index is 1.79. The third-order valence-electron chi connectivity index (χ3n) is 4.05. The molecule has 6 nitrogen and oxygen atoms in total. The van der Waals surface area contributed by atoms with Crippen LogP contribution in [0, 0.1) is 0 Å². The van der Waals surface area contributed by atoms with Crippen molar-refractivity contribution in [1.29, 1.82) is 0 Å². The molecule has 1 heterocycles. The van der Waals surface area contributed by atoms with E-state index >= 15 is 0 Å². The number of amides is 2. The maximum Gasteiger partial charge on any atom is 0.418 e. The number of rotatable bonds is 5. The first-order valence-corrected chi connectivity index (χ1v) is 8.42. The molecule has 1 aromatic rings. The summed E-state index contributed by atoms with van der Waals surface area (Å²) in [5.41, 5.74) is -0.796. The summed E-state index contributed by atoms with van der Waals surface area (Å²) >= 11 is 0. The van der Waals surface area contributed by atoms with E-state index in [2.05, 4.69) is 5.32 Å². The number of piperazine rings is 1. The molecule has 0 aromatic heterocycles. The Morgan fingerprint density at radius 2 is 1.73 bits per heavy atom. The number of carbonyl (C=O) groups excluding carboxylic acids is 2. The third-order valence-corrected chi connectivity index (χ3v) is 4.05. The molecular formula is C17H22F3N3O3. The minimum absolute atomic E-state index is 0.0417. The van der Waals surface area contributed by atoms with Crippen LogP contribution in [0.3, 0.4) is 0 Å². The molecule has 0 aliphatic carbocycles. The molecular weight excluding hydrogens is 351 g/mol. The highest BCUT2D eigenvalue weighted by Gasteiger charge is 2.33. The van der Waals surface area contributed by atoms with Crippen LogP contribution in [0.5, 0.6) is 0 Å². The van der Waals surface area contributed by atoms with Crippen LogP contribution in [-0.2, 0) is 15.7 Å². The van der Waals surface area contributed by atoms with Crippen molar-refractivity contribution in [1.82, 2.24) is 9.80 Å². The summed E-state index contributed by atoms with van der Waals surface area (Å²) in [4.78, 5) is 27.0. The first kappa shape index (κ1) is 19.9. The number of hydrogen-bond acceptors (Lipinski definition) is 4. The molecule has 2 amide bonds. The van der Waals surface area contributed by atoms with Gasteiger partial charge in [-0.1, -0.05) is 12.1 Å². The van der Waals surface area contributed by atoms with Crippen LogP contribution in [0.25, 0.3) is 0 Å². The van der Waals surface area contributed by atoms with E-state index in [1.54, 1.807) is 11.8 Å². The number of nitrogens with zero attached hydrogens (tertiary/aromatic N) is 2. The normalized spacial score (nSPS) is 14.9. The average Bonchev–Trinajstić information content (AvgIpc) is 2.61. The van der Waals surface area contributed by atoms with Gasteiger partial charge in [-0.3, -0.25) is 4.79 Å². The maximum absolute atomic E-state index is 12.9.